The van der Waals surface area contributed by atoms with Gasteiger partial charge in [0.15, 0.2) is 0 Å². The molecule has 1 amide bonds. The molecule has 2 atom stereocenters. The molecule has 0 aliphatic carbocycles. The van der Waals surface area contributed by atoms with Crippen molar-refractivity contribution < 1.29 is 18.0 Å². The van der Waals surface area contributed by atoms with Crippen LogP contribution < -0.4 is 0 Å². The van der Waals surface area contributed by atoms with Crippen molar-refractivity contribution in [3.8, 4) is 0 Å². The van der Waals surface area contributed by atoms with Crippen molar-refractivity contribution in [1.29, 1.82) is 0 Å². The topological polar surface area (TPSA) is 20.3 Å². The highest BCUT2D eigenvalue weighted by molar-refractivity contribution is 9.10. The highest BCUT2D eigenvalue weighted by Gasteiger charge is 2.33. The van der Waals surface area contributed by atoms with Crippen LogP contribution in [0.1, 0.15) is 36.2 Å². The molecule has 2 nitrogen and oxygen atoms in total. The van der Waals surface area contributed by atoms with E-state index in [-0.39, 0.29) is 11.5 Å². The van der Waals surface area contributed by atoms with Crippen LogP contribution in [0.25, 0.3) is 0 Å². The van der Waals surface area contributed by atoms with Crippen LogP contribution in [-0.2, 0) is 6.18 Å². The Morgan fingerprint density at radius 2 is 1.95 bits per heavy atom. The minimum Gasteiger partial charge on any atom is -0.338 e. The number of hydrogen-bond donors (Lipinski definition) is 0. The summed E-state index contributed by atoms with van der Waals surface area (Å²) < 4.78 is 38.7. The molecular formula is C15H17BrF3NO. The molecule has 0 bridgehead atoms. The lowest BCUT2D eigenvalue weighted by Crippen LogP contribution is -2.42. The average Bonchev–Trinajstić information content (AvgIpc) is 2.40. The zero-order chi connectivity index (χ0) is 15.8. The number of alkyl halides is 3. The van der Waals surface area contributed by atoms with E-state index in [1.807, 2.05) is 0 Å². The molecule has 0 spiro atoms. The molecule has 1 aliphatic heterocycles. The number of nitrogens with zero attached hydrogens (tertiary/aromatic N) is 1. The summed E-state index contributed by atoms with van der Waals surface area (Å²) in [5, 5.41) is 0. The number of piperidine rings is 1. The van der Waals surface area contributed by atoms with Crippen molar-refractivity contribution in [2.24, 2.45) is 11.8 Å². The van der Waals surface area contributed by atoms with E-state index in [0.29, 0.717) is 29.4 Å². The van der Waals surface area contributed by atoms with Gasteiger partial charge >= 0.3 is 6.18 Å². The Labute approximate surface area is 130 Å². The second-order valence-electron chi connectivity index (χ2n) is 5.69. The number of halogens is 4. The first-order valence-corrected chi connectivity index (χ1v) is 7.65. The molecule has 1 aliphatic rings. The number of amides is 1. The zero-order valence-electron chi connectivity index (χ0n) is 11.9. The lowest BCUT2D eigenvalue weighted by Gasteiger charge is -2.35. The van der Waals surface area contributed by atoms with E-state index in [4.69, 9.17) is 0 Å². The zero-order valence-corrected chi connectivity index (χ0v) is 13.5. The van der Waals surface area contributed by atoms with Gasteiger partial charge in [-0.2, -0.15) is 13.2 Å². The Kier molecular flexibility index (Phi) is 4.66. The summed E-state index contributed by atoms with van der Waals surface area (Å²) in [4.78, 5) is 14.1. The number of benzene rings is 1. The molecule has 1 aromatic carbocycles. The average molecular weight is 364 g/mol. The van der Waals surface area contributed by atoms with Crippen LogP contribution in [-0.4, -0.2) is 23.9 Å². The van der Waals surface area contributed by atoms with Gasteiger partial charge < -0.3 is 4.90 Å². The van der Waals surface area contributed by atoms with Crippen molar-refractivity contribution in [2.45, 2.75) is 26.4 Å². The van der Waals surface area contributed by atoms with Gasteiger partial charge in [0.05, 0.1) is 11.1 Å². The SMILES string of the molecule is CC1CCN(C(=O)c2cc(C(F)(F)F)ccc2Br)CC1C. The van der Waals surface area contributed by atoms with Gasteiger partial charge in [-0.05, 0) is 52.4 Å². The minimum atomic E-state index is -4.45. The predicted molar refractivity (Wildman–Crippen MR) is 78.0 cm³/mol. The number of carbonyl (C=O) groups is 1. The minimum absolute atomic E-state index is 0.0755. The maximum atomic E-state index is 12.8. The van der Waals surface area contributed by atoms with E-state index in [0.717, 1.165) is 18.6 Å². The molecule has 0 N–H and O–H groups in total. The van der Waals surface area contributed by atoms with Gasteiger partial charge in [-0.1, -0.05) is 13.8 Å². The molecule has 0 radical (unpaired) electrons. The second-order valence-corrected chi connectivity index (χ2v) is 6.54. The largest absolute Gasteiger partial charge is 0.416 e. The Morgan fingerprint density at radius 1 is 1.29 bits per heavy atom. The Bertz CT molecular complexity index is 544. The fourth-order valence-electron chi connectivity index (χ4n) is 2.48. The summed E-state index contributed by atoms with van der Waals surface area (Å²) in [5.74, 6) is 0.540. The van der Waals surface area contributed by atoms with Gasteiger partial charge in [-0.25, -0.2) is 0 Å². The third-order valence-corrected chi connectivity index (χ3v) is 4.84. The van der Waals surface area contributed by atoms with Crippen LogP contribution in [0.4, 0.5) is 13.2 Å². The van der Waals surface area contributed by atoms with Crippen molar-refractivity contribution >= 4 is 21.8 Å². The Hall–Kier alpha value is -1.04. The third-order valence-electron chi connectivity index (χ3n) is 4.15. The van der Waals surface area contributed by atoms with Crippen molar-refractivity contribution in [1.82, 2.24) is 4.90 Å². The lowest BCUT2D eigenvalue weighted by atomic mass is 9.88. The number of carbonyl (C=O) groups excluding carboxylic acids is 1. The smallest absolute Gasteiger partial charge is 0.338 e. The first-order valence-electron chi connectivity index (χ1n) is 6.86. The van der Waals surface area contributed by atoms with E-state index in [2.05, 4.69) is 29.8 Å². The molecular weight excluding hydrogens is 347 g/mol. The molecule has 1 heterocycles. The first kappa shape index (κ1) is 16.3. The molecule has 0 saturated carbocycles. The molecule has 1 saturated heterocycles. The lowest BCUT2D eigenvalue weighted by molar-refractivity contribution is -0.137. The molecule has 6 heteroatoms. The van der Waals surface area contributed by atoms with Crippen LogP contribution in [0.2, 0.25) is 0 Å². The summed E-state index contributed by atoms with van der Waals surface area (Å²) >= 11 is 3.18. The van der Waals surface area contributed by atoms with E-state index >= 15 is 0 Å². The van der Waals surface area contributed by atoms with Crippen molar-refractivity contribution in [3.63, 3.8) is 0 Å². The third kappa shape index (κ3) is 3.59. The summed E-state index contributed by atoms with van der Waals surface area (Å²) in [6.45, 7) is 5.37. The van der Waals surface area contributed by atoms with Crippen LogP contribution in [0.3, 0.4) is 0 Å². The normalized spacial score (nSPS) is 23.2. The number of hydrogen-bond acceptors (Lipinski definition) is 1. The fraction of sp³-hybridized carbons (Fsp3) is 0.533. The summed E-state index contributed by atoms with van der Waals surface area (Å²) in [7, 11) is 0. The Morgan fingerprint density at radius 3 is 2.52 bits per heavy atom. The van der Waals surface area contributed by atoms with Gasteiger partial charge in [-0.15, -0.1) is 0 Å². The summed E-state index contributed by atoms with van der Waals surface area (Å²) in [6, 6.07) is 3.18. The molecule has 21 heavy (non-hydrogen) atoms. The maximum absolute atomic E-state index is 12.8. The van der Waals surface area contributed by atoms with Gasteiger partial charge in [0.2, 0.25) is 0 Å². The molecule has 0 aromatic heterocycles. The summed E-state index contributed by atoms with van der Waals surface area (Å²) in [5.41, 5.74) is -0.723. The molecule has 1 aromatic rings. The van der Waals surface area contributed by atoms with Crippen molar-refractivity contribution in [2.75, 3.05) is 13.1 Å². The van der Waals surface area contributed by atoms with Gasteiger partial charge in [0.1, 0.15) is 0 Å². The highest BCUT2D eigenvalue weighted by atomic mass is 79.9. The van der Waals surface area contributed by atoms with E-state index in [1.54, 1.807) is 4.90 Å². The van der Waals surface area contributed by atoms with Crippen LogP contribution in [0.5, 0.6) is 0 Å². The molecule has 2 rings (SSSR count). The van der Waals surface area contributed by atoms with Gasteiger partial charge in [0.25, 0.3) is 5.91 Å². The van der Waals surface area contributed by atoms with Crippen LogP contribution in [0, 0.1) is 11.8 Å². The number of rotatable bonds is 1. The second kappa shape index (κ2) is 5.99. The van der Waals surface area contributed by atoms with Gasteiger partial charge in [0, 0.05) is 17.6 Å². The van der Waals surface area contributed by atoms with E-state index in [9.17, 15) is 18.0 Å². The van der Waals surface area contributed by atoms with Crippen LogP contribution >= 0.6 is 15.9 Å². The molecule has 1 fully saturated rings. The number of likely N-dealkylation sites (tertiary alicyclic amines) is 1. The van der Waals surface area contributed by atoms with Crippen molar-refractivity contribution in [3.05, 3.63) is 33.8 Å². The Balaban J connectivity index is 2.27. The predicted octanol–water partition coefficient (Wildman–Crippen LogP) is 4.59. The van der Waals surface area contributed by atoms with Crippen LogP contribution in [0.15, 0.2) is 22.7 Å². The molecule has 2 unspecified atom stereocenters. The standard InChI is InChI=1S/C15H17BrF3NO/c1-9-5-6-20(8-10(9)2)14(21)12-7-11(15(17,18)19)3-4-13(12)16/h3-4,7,9-10H,5-6,8H2,1-2H3. The maximum Gasteiger partial charge on any atom is 0.416 e. The monoisotopic (exact) mass is 363 g/mol. The fourth-order valence-corrected chi connectivity index (χ4v) is 2.90. The highest BCUT2D eigenvalue weighted by Crippen LogP contribution is 2.33. The van der Waals surface area contributed by atoms with E-state index in [1.165, 1.54) is 6.07 Å². The first-order chi connectivity index (χ1) is 9.70. The van der Waals surface area contributed by atoms with E-state index < -0.39 is 11.7 Å². The summed E-state index contributed by atoms with van der Waals surface area (Å²) in [6.07, 6.45) is -3.57. The van der Waals surface area contributed by atoms with Gasteiger partial charge in [-0.3, -0.25) is 4.79 Å². The molecule has 116 valence electrons. The quantitative estimate of drug-likeness (QED) is 0.714.